The zero-order chi connectivity index (χ0) is 13.1. The summed E-state index contributed by atoms with van der Waals surface area (Å²) in [6, 6.07) is 9.79. The summed E-state index contributed by atoms with van der Waals surface area (Å²) < 4.78 is 0. The van der Waals surface area contributed by atoms with Crippen molar-refractivity contribution in [3.63, 3.8) is 0 Å². The van der Waals surface area contributed by atoms with Crippen LogP contribution in [-0.4, -0.2) is 30.4 Å². The minimum absolute atomic E-state index is 0.00824. The molecule has 0 radical (unpaired) electrons. The molecule has 1 N–H and O–H groups in total. The first kappa shape index (κ1) is 12.6. The second-order valence-corrected chi connectivity index (χ2v) is 4.82. The average molecular weight is 243 g/mol. The Balaban J connectivity index is 2.02. The van der Waals surface area contributed by atoms with Crippen molar-refractivity contribution in [2.24, 2.45) is 5.92 Å². The van der Waals surface area contributed by atoms with Crippen LogP contribution in [-0.2, 0) is 4.79 Å². The fourth-order valence-electron chi connectivity index (χ4n) is 2.29. The number of benzene rings is 1. The third-order valence-corrected chi connectivity index (χ3v) is 3.47. The van der Waals surface area contributed by atoms with E-state index in [2.05, 4.69) is 11.4 Å². The zero-order valence-electron chi connectivity index (χ0n) is 10.7. The summed E-state index contributed by atoms with van der Waals surface area (Å²) in [4.78, 5) is 14.1. The van der Waals surface area contributed by atoms with E-state index in [-0.39, 0.29) is 17.9 Å². The second kappa shape index (κ2) is 5.19. The topological polar surface area (TPSA) is 56.1 Å². The molecule has 1 aromatic carbocycles. The first-order chi connectivity index (χ1) is 8.61. The van der Waals surface area contributed by atoms with Crippen LogP contribution in [0, 0.1) is 24.2 Å². The monoisotopic (exact) mass is 243 g/mol. The largest absolute Gasteiger partial charge is 0.326 e. The Morgan fingerprint density at radius 1 is 1.50 bits per heavy atom. The van der Waals surface area contributed by atoms with Crippen LogP contribution in [0.2, 0.25) is 0 Å². The van der Waals surface area contributed by atoms with Gasteiger partial charge in [0.05, 0.1) is 18.0 Å². The molecular weight excluding hydrogens is 226 g/mol. The average Bonchev–Trinajstić information content (AvgIpc) is 2.73. The number of hydrogen-bond donors (Lipinski definition) is 1. The normalized spacial score (nSPS) is 23.6. The Kier molecular flexibility index (Phi) is 3.63. The van der Waals surface area contributed by atoms with Crippen LogP contribution in [0.1, 0.15) is 12.0 Å². The van der Waals surface area contributed by atoms with Crippen molar-refractivity contribution in [3.05, 3.63) is 29.8 Å². The van der Waals surface area contributed by atoms with E-state index in [1.54, 1.807) is 0 Å². The molecule has 1 aliphatic rings. The number of nitrogens with one attached hydrogen (secondary N) is 1. The van der Waals surface area contributed by atoms with Gasteiger partial charge in [0.1, 0.15) is 0 Å². The fourth-order valence-corrected chi connectivity index (χ4v) is 2.29. The molecule has 0 aromatic heterocycles. The molecule has 18 heavy (non-hydrogen) atoms. The van der Waals surface area contributed by atoms with Crippen LogP contribution < -0.4 is 5.32 Å². The number of para-hydroxylation sites is 1. The van der Waals surface area contributed by atoms with Crippen LogP contribution in [0.4, 0.5) is 5.69 Å². The van der Waals surface area contributed by atoms with Gasteiger partial charge in [0.2, 0.25) is 5.91 Å². The van der Waals surface area contributed by atoms with Gasteiger partial charge in [0.25, 0.3) is 0 Å². The summed E-state index contributed by atoms with van der Waals surface area (Å²) in [5.41, 5.74) is 1.90. The van der Waals surface area contributed by atoms with Gasteiger partial charge in [0, 0.05) is 12.2 Å². The Morgan fingerprint density at radius 2 is 2.22 bits per heavy atom. The number of amides is 1. The first-order valence-electron chi connectivity index (χ1n) is 6.08. The lowest BCUT2D eigenvalue weighted by molar-refractivity contribution is -0.119. The fraction of sp³-hybridized carbons (Fsp3) is 0.429. The number of anilines is 1. The summed E-state index contributed by atoms with van der Waals surface area (Å²) in [6.07, 6.45) is 0.616. The van der Waals surface area contributed by atoms with E-state index in [4.69, 9.17) is 5.26 Å². The molecule has 4 heteroatoms. The highest BCUT2D eigenvalue weighted by molar-refractivity contribution is 5.93. The molecule has 0 spiro atoms. The number of carbonyl (C=O) groups excluding carboxylic acids is 1. The highest BCUT2D eigenvalue weighted by Gasteiger charge is 2.33. The summed E-state index contributed by atoms with van der Waals surface area (Å²) in [5, 5.41) is 11.9. The maximum atomic E-state index is 12.1. The van der Waals surface area contributed by atoms with Gasteiger partial charge < -0.3 is 5.32 Å². The molecular formula is C14H17N3O. The van der Waals surface area contributed by atoms with Gasteiger partial charge in [-0.05, 0) is 32.0 Å². The van der Waals surface area contributed by atoms with Gasteiger partial charge >= 0.3 is 0 Å². The second-order valence-electron chi connectivity index (χ2n) is 4.82. The first-order valence-corrected chi connectivity index (χ1v) is 6.08. The quantitative estimate of drug-likeness (QED) is 0.861. The van der Waals surface area contributed by atoms with Crippen molar-refractivity contribution in [1.82, 2.24) is 4.90 Å². The maximum absolute atomic E-state index is 12.1. The number of aryl methyl sites for hydroxylation is 1. The molecule has 0 saturated carbocycles. The highest BCUT2D eigenvalue weighted by Crippen LogP contribution is 2.23. The molecule has 1 saturated heterocycles. The van der Waals surface area contributed by atoms with E-state index in [0.717, 1.165) is 11.3 Å². The van der Waals surface area contributed by atoms with Crippen molar-refractivity contribution in [2.75, 3.05) is 18.9 Å². The lowest BCUT2D eigenvalue weighted by atomic mass is 10.0. The van der Waals surface area contributed by atoms with E-state index in [0.29, 0.717) is 13.0 Å². The lowest BCUT2D eigenvalue weighted by Gasteiger charge is -2.12. The van der Waals surface area contributed by atoms with E-state index < -0.39 is 0 Å². The van der Waals surface area contributed by atoms with Gasteiger partial charge in [-0.15, -0.1) is 0 Å². The van der Waals surface area contributed by atoms with Gasteiger partial charge in [-0.2, -0.15) is 5.26 Å². The van der Waals surface area contributed by atoms with E-state index in [9.17, 15) is 4.79 Å². The van der Waals surface area contributed by atoms with Crippen LogP contribution in [0.25, 0.3) is 0 Å². The summed E-state index contributed by atoms with van der Waals surface area (Å²) in [5.74, 6) is -0.0897. The van der Waals surface area contributed by atoms with Gasteiger partial charge in [-0.1, -0.05) is 18.2 Å². The van der Waals surface area contributed by atoms with Crippen LogP contribution in [0.15, 0.2) is 24.3 Å². The molecule has 1 fully saturated rings. The molecule has 0 bridgehead atoms. The van der Waals surface area contributed by atoms with Crippen molar-refractivity contribution in [3.8, 4) is 6.07 Å². The summed E-state index contributed by atoms with van der Waals surface area (Å²) in [6.45, 7) is 2.62. The zero-order valence-corrected chi connectivity index (χ0v) is 10.7. The van der Waals surface area contributed by atoms with Crippen LogP contribution in [0.3, 0.4) is 0 Å². The number of carbonyl (C=O) groups is 1. The lowest BCUT2D eigenvalue weighted by Crippen LogP contribution is -2.26. The minimum Gasteiger partial charge on any atom is -0.326 e. The minimum atomic E-state index is -0.141. The molecule has 2 atom stereocenters. The molecule has 1 amide bonds. The number of likely N-dealkylation sites (tertiary alicyclic amines) is 1. The molecule has 4 nitrogen and oxygen atoms in total. The standard InChI is InChI=1S/C14H17N3O/c1-10-5-3-4-6-13(10)16-14(18)11-7-12(8-15)17(2)9-11/h3-6,11-12H,7,9H2,1-2H3,(H,16,18). The highest BCUT2D eigenvalue weighted by atomic mass is 16.1. The molecule has 2 rings (SSSR count). The maximum Gasteiger partial charge on any atom is 0.228 e. The van der Waals surface area contributed by atoms with Crippen molar-refractivity contribution in [2.45, 2.75) is 19.4 Å². The number of hydrogen-bond acceptors (Lipinski definition) is 3. The third-order valence-electron chi connectivity index (χ3n) is 3.47. The van der Waals surface area contributed by atoms with E-state index >= 15 is 0 Å². The Hall–Kier alpha value is -1.86. The smallest absolute Gasteiger partial charge is 0.228 e. The Labute approximate surface area is 107 Å². The summed E-state index contributed by atoms with van der Waals surface area (Å²) >= 11 is 0. The summed E-state index contributed by atoms with van der Waals surface area (Å²) in [7, 11) is 1.88. The van der Waals surface area contributed by atoms with Crippen molar-refractivity contribution in [1.29, 1.82) is 5.26 Å². The number of nitrogens with zero attached hydrogens (tertiary/aromatic N) is 2. The van der Waals surface area contributed by atoms with Crippen molar-refractivity contribution >= 4 is 11.6 Å². The number of nitriles is 1. The molecule has 94 valence electrons. The third kappa shape index (κ3) is 2.52. The molecule has 1 heterocycles. The molecule has 1 aliphatic heterocycles. The van der Waals surface area contributed by atoms with E-state index in [1.807, 2.05) is 43.1 Å². The SMILES string of the molecule is Cc1ccccc1NC(=O)C1CC(C#N)N(C)C1. The van der Waals surface area contributed by atoms with Gasteiger partial charge in [-0.3, -0.25) is 9.69 Å². The molecule has 2 unspecified atom stereocenters. The van der Waals surface area contributed by atoms with E-state index in [1.165, 1.54) is 0 Å². The van der Waals surface area contributed by atoms with Gasteiger partial charge in [-0.25, -0.2) is 0 Å². The Morgan fingerprint density at radius 3 is 2.83 bits per heavy atom. The van der Waals surface area contributed by atoms with Gasteiger partial charge in [0.15, 0.2) is 0 Å². The predicted octanol–water partition coefficient (Wildman–Crippen LogP) is 1.78. The molecule has 1 aromatic rings. The number of rotatable bonds is 2. The molecule has 0 aliphatic carbocycles. The predicted molar refractivity (Wildman–Crippen MR) is 69.9 cm³/mol. The van der Waals surface area contributed by atoms with Crippen molar-refractivity contribution < 1.29 is 4.79 Å². The van der Waals surface area contributed by atoms with Crippen LogP contribution >= 0.6 is 0 Å². The Bertz CT molecular complexity index is 492. The van der Waals surface area contributed by atoms with Crippen LogP contribution in [0.5, 0.6) is 0 Å².